The fourth-order valence-electron chi connectivity index (χ4n) is 3.16. The van der Waals surface area contributed by atoms with Crippen LogP contribution in [0, 0.1) is 6.92 Å². The zero-order valence-electron chi connectivity index (χ0n) is 16.4. The second-order valence-corrected chi connectivity index (χ2v) is 7.63. The number of carbonyl (C=O) groups excluding carboxylic acids is 1. The SMILES string of the molecule is COc1ccc(COc2ccc3c(c2C)O/C(=C\c2ccc(Cl)c(Cl)c2)C3=O)cc1. The molecule has 0 saturated heterocycles. The summed E-state index contributed by atoms with van der Waals surface area (Å²) >= 11 is 12.0. The summed E-state index contributed by atoms with van der Waals surface area (Å²) in [6.45, 7) is 2.26. The summed E-state index contributed by atoms with van der Waals surface area (Å²) < 4.78 is 17.0. The molecule has 4 rings (SSSR count). The van der Waals surface area contributed by atoms with Gasteiger partial charge in [-0.2, -0.15) is 0 Å². The van der Waals surface area contributed by atoms with Crippen LogP contribution in [-0.4, -0.2) is 12.9 Å². The maximum absolute atomic E-state index is 12.8. The number of carbonyl (C=O) groups is 1. The van der Waals surface area contributed by atoms with Gasteiger partial charge in [0.1, 0.15) is 23.9 Å². The topological polar surface area (TPSA) is 44.8 Å². The van der Waals surface area contributed by atoms with E-state index in [9.17, 15) is 4.79 Å². The van der Waals surface area contributed by atoms with Crippen LogP contribution in [-0.2, 0) is 6.61 Å². The molecule has 4 nitrogen and oxygen atoms in total. The molecule has 0 aromatic heterocycles. The number of hydrogen-bond acceptors (Lipinski definition) is 4. The third-order valence-corrected chi connectivity index (χ3v) is 5.57. The number of methoxy groups -OCH3 is 1. The quantitative estimate of drug-likeness (QED) is 0.424. The van der Waals surface area contributed by atoms with Crippen LogP contribution in [0.25, 0.3) is 6.08 Å². The summed E-state index contributed by atoms with van der Waals surface area (Å²) in [4.78, 5) is 12.8. The molecule has 6 heteroatoms. The molecule has 0 aliphatic carbocycles. The molecule has 0 bridgehead atoms. The Labute approximate surface area is 184 Å². The van der Waals surface area contributed by atoms with Crippen molar-refractivity contribution in [2.45, 2.75) is 13.5 Å². The Hall–Kier alpha value is -2.95. The Bertz CT molecular complexity index is 1150. The fraction of sp³-hybridized carbons (Fsp3) is 0.125. The van der Waals surface area contributed by atoms with Gasteiger partial charge >= 0.3 is 0 Å². The first-order chi connectivity index (χ1) is 14.5. The van der Waals surface area contributed by atoms with Gasteiger partial charge in [-0.25, -0.2) is 0 Å². The van der Waals surface area contributed by atoms with Gasteiger partial charge in [-0.05, 0) is 60.5 Å². The molecule has 0 unspecified atom stereocenters. The van der Waals surface area contributed by atoms with E-state index in [-0.39, 0.29) is 11.5 Å². The average Bonchev–Trinajstić information content (AvgIpc) is 3.07. The normalized spacial score (nSPS) is 13.9. The molecule has 0 fully saturated rings. The van der Waals surface area contributed by atoms with Crippen LogP contribution >= 0.6 is 23.2 Å². The number of fused-ring (bicyclic) bond motifs is 1. The largest absolute Gasteiger partial charge is 0.497 e. The second-order valence-electron chi connectivity index (χ2n) is 6.82. The summed E-state index contributed by atoms with van der Waals surface area (Å²) in [6, 6.07) is 16.3. The summed E-state index contributed by atoms with van der Waals surface area (Å²) in [5.74, 6) is 2.02. The van der Waals surface area contributed by atoms with Crippen LogP contribution in [0.4, 0.5) is 0 Å². The predicted octanol–water partition coefficient (Wildman–Crippen LogP) is 6.51. The van der Waals surface area contributed by atoms with Gasteiger partial charge in [-0.1, -0.05) is 41.4 Å². The Morgan fingerprint density at radius 1 is 1.00 bits per heavy atom. The molecule has 152 valence electrons. The van der Waals surface area contributed by atoms with Crippen molar-refractivity contribution in [3.05, 3.63) is 92.7 Å². The van der Waals surface area contributed by atoms with E-state index in [0.29, 0.717) is 33.7 Å². The van der Waals surface area contributed by atoms with Crippen molar-refractivity contribution < 1.29 is 19.0 Å². The first-order valence-electron chi connectivity index (χ1n) is 9.25. The molecule has 1 aliphatic rings. The van der Waals surface area contributed by atoms with Crippen LogP contribution < -0.4 is 14.2 Å². The first kappa shape index (κ1) is 20.3. The number of halogens is 2. The van der Waals surface area contributed by atoms with E-state index in [1.54, 1.807) is 43.5 Å². The number of rotatable bonds is 5. The summed E-state index contributed by atoms with van der Waals surface area (Å²) in [7, 11) is 1.63. The molecule has 0 radical (unpaired) electrons. The highest BCUT2D eigenvalue weighted by Gasteiger charge is 2.30. The standard InChI is InChI=1S/C24H18Cl2O4/c1-14-21(29-13-15-3-6-17(28-2)7-4-15)10-8-18-23(27)22(30-24(14)18)12-16-5-9-19(25)20(26)11-16/h3-12H,13H2,1-2H3/b22-12-. The van der Waals surface area contributed by atoms with Crippen LogP contribution in [0.3, 0.4) is 0 Å². The van der Waals surface area contributed by atoms with Gasteiger partial charge in [0, 0.05) is 5.56 Å². The number of hydrogen-bond donors (Lipinski definition) is 0. The van der Waals surface area contributed by atoms with Crippen molar-refractivity contribution in [2.24, 2.45) is 0 Å². The third kappa shape index (κ3) is 4.02. The summed E-state index contributed by atoms with van der Waals surface area (Å²) in [6.07, 6.45) is 1.65. The number of allylic oxidation sites excluding steroid dienone is 1. The highest BCUT2D eigenvalue weighted by Crippen LogP contribution is 2.39. The van der Waals surface area contributed by atoms with E-state index in [2.05, 4.69) is 0 Å². The predicted molar refractivity (Wildman–Crippen MR) is 118 cm³/mol. The smallest absolute Gasteiger partial charge is 0.231 e. The molecular weight excluding hydrogens is 423 g/mol. The van der Waals surface area contributed by atoms with Crippen molar-refractivity contribution >= 4 is 35.1 Å². The minimum Gasteiger partial charge on any atom is -0.497 e. The van der Waals surface area contributed by atoms with Gasteiger partial charge in [0.25, 0.3) is 0 Å². The van der Waals surface area contributed by atoms with Gasteiger partial charge in [0.2, 0.25) is 5.78 Å². The molecule has 0 atom stereocenters. The van der Waals surface area contributed by atoms with Gasteiger partial charge in [-0.15, -0.1) is 0 Å². The van der Waals surface area contributed by atoms with Crippen LogP contribution in [0.5, 0.6) is 17.2 Å². The maximum atomic E-state index is 12.8. The van der Waals surface area contributed by atoms with E-state index >= 15 is 0 Å². The molecule has 30 heavy (non-hydrogen) atoms. The second kappa shape index (κ2) is 8.42. The lowest BCUT2D eigenvalue weighted by Gasteiger charge is -2.12. The van der Waals surface area contributed by atoms with Crippen LogP contribution in [0.1, 0.15) is 27.0 Å². The van der Waals surface area contributed by atoms with E-state index in [4.69, 9.17) is 37.4 Å². The first-order valence-corrected chi connectivity index (χ1v) is 10.0. The number of ketones is 1. The Balaban J connectivity index is 1.54. The Morgan fingerprint density at radius 2 is 1.77 bits per heavy atom. The molecule has 3 aromatic rings. The molecule has 0 amide bonds. The minimum absolute atomic E-state index is 0.180. The molecule has 3 aromatic carbocycles. The van der Waals surface area contributed by atoms with Crippen LogP contribution in [0.2, 0.25) is 10.0 Å². The Kier molecular flexibility index (Phi) is 5.71. The van der Waals surface area contributed by atoms with Crippen molar-refractivity contribution in [1.82, 2.24) is 0 Å². The van der Waals surface area contributed by atoms with Crippen molar-refractivity contribution in [1.29, 1.82) is 0 Å². The monoisotopic (exact) mass is 440 g/mol. The van der Waals surface area contributed by atoms with Crippen molar-refractivity contribution in [3.8, 4) is 17.2 Å². The molecular formula is C24H18Cl2O4. The van der Waals surface area contributed by atoms with E-state index < -0.39 is 0 Å². The highest BCUT2D eigenvalue weighted by molar-refractivity contribution is 6.42. The summed E-state index contributed by atoms with van der Waals surface area (Å²) in [5, 5.41) is 0.870. The summed E-state index contributed by atoms with van der Waals surface area (Å²) in [5.41, 5.74) is 3.02. The van der Waals surface area contributed by atoms with E-state index in [1.165, 1.54) is 0 Å². The van der Waals surface area contributed by atoms with Crippen molar-refractivity contribution in [2.75, 3.05) is 7.11 Å². The zero-order valence-corrected chi connectivity index (χ0v) is 17.9. The molecule has 0 spiro atoms. The molecule has 1 heterocycles. The molecule has 1 aliphatic heterocycles. The number of Topliss-reactive ketones (excluding diaryl/α,β-unsaturated/α-hetero) is 1. The fourth-order valence-corrected chi connectivity index (χ4v) is 3.47. The van der Waals surface area contributed by atoms with E-state index in [0.717, 1.165) is 22.4 Å². The van der Waals surface area contributed by atoms with Gasteiger partial charge in [0.05, 0.1) is 22.7 Å². The van der Waals surface area contributed by atoms with Crippen LogP contribution in [0.15, 0.2) is 60.4 Å². The highest BCUT2D eigenvalue weighted by atomic mass is 35.5. The minimum atomic E-state index is -0.180. The number of benzene rings is 3. The maximum Gasteiger partial charge on any atom is 0.231 e. The zero-order chi connectivity index (χ0) is 21.3. The Morgan fingerprint density at radius 3 is 2.47 bits per heavy atom. The van der Waals surface area contributed by atoms with Crippen molar-refractivity contribution in [3.63, 3.8) is 0 Å². The molecule has 0 saturated carbocycles. The average molecular weight is 441 g/mol. The third-order valence-electron chi connectivity index (χ3n) is 4.83. The molecule has 0 N–H and O–H groups in total. The lowest BCUT2D eigenvalue weighted by Crippen LogP contribution is -1.98. The lowest BCUT2D eigenvalue weighted by atomic mass is 10.1. The van der Waals surface area contributed by atoms with E-state index in [1.807, 2.05) is 31.2 Å². The van der Waals surface area contributed by atoms with Gasteiger partial charge < -0.3 is 14.2 Å². The number of ether oxygens (including phenoxy) is 3. The lowest BCUT2D eigenvalue weighted by molar-refractivity contribution is 0.101. The van der Waals surface area contributed by atoms with Gasteiger partial charge in [0.15, 0.2) is 5.76 Å². The van der Waals surface area contributed by atoms with Gasteiger partial charge in [-0.3, -0.25) is 4.79 Å².